The van der Waals surface area contributed by atoms with E-state index < -0.39 is 0 Å². The summed E-state index contributed by atoms with van der Waals surface area (Å²) in [7, 11) is 0. The van der Waals surface area contributed by atoms with Crippen molar-refractivity contribution < 1.29 is 0 Å². The van der Waals surface area contributed by atoms with Crippen molar-refractivity contribution in [2.75, 3.05) is 0 Å². The Kier molecular flexibility index (Phi) is 3.38. The van der Waals surface area contributed by atoms with Crippen molar-refractivity contribution in [1.29, 1.82) is 0 Å². The maximum Gasteiger partial charge on any atom is 0 e. The van der Waals surface area contributed by atoms with Gasteiger partial charge in [-0.15, -0.1) is 0 Å². The van der Waals surface area contributed by atoms with Gasteiger partial charge < -0.3 is 0 Å². The van der Waals surface area contributed by atoms with Crippen LogP contribution in [0.4, 0.5) is 0 Å². The van der Waals surface area contributed by atoms with Crippen molar-refractivity contribution in [2.24, 2.45) is 0 Å². The van der Waals surface area contributed by atoms with Crippen molar-refractivity contribution in [3.63, 3.8) is 0 Å². The van der Waals surface area contributed by atoms with Crippen LogP contribution in [0.5, 0.6) is 0 Å². The van der Waals surface area contributed by atoms with Gasteiger partial charge >= 0.3 is 0 Å². The van der Waals surface area contributed by atoms with Crippen LogP contribution in [0.15, 0.2) is 48.5 Å². The minimum atomic E-state index is 0. The van der Waals surface area contributed by atoms with Gasteiger partial charge in [0.1, 0.15) is 0 Å². The summed E-state index contributed by atoms with van der Waals surface area (Å²) in [4.78, 5) is 0. The van der Waals surface area contributed by atoms with E-state index in [0.29, 0.717) is 0 Å². The Balaban J connectivity index is 0.000000605. The Hall–Kier alpha value is -0.0403. The van der Waals surface area contributed by atoms with Gasteiger partial charge in [-0.3, -0.25) is 0 Å². The summed E-state index contributed by atoms with van der Waals surface area (Å²) in [6.45, 7) is 0. The van der Waals surface area contributed by atoms with E-state index in [0.717, 1.165) is 0 Å². The number of hydrogen-bond acceptors (Lipinski definition) is 0. The molecular weight excluding hydrogens is 160 g/mol. The molecule has 0 atom stereocenters. The summed E-state index contributed by atoms with van der Waals surface area (Å²) in [5.74, 6) is 0. The first-order chi connectivity index (χ1) is 4.97. The second kappa shape index (κ2) is 4.10. The molecule has 0 aliphatic heterocycles. The van der Waals surface area contributed by atoms with Gasteiger partial charge in [0.2, 0.25) is 0 Å². The van der Waals surface area contributed by atoms with Crippen LogP contribution in [-0.4, -0.2) is 37.7 Å². The van der Waals surface area contributed by atoms with Gasteiger partial charge in [0.05, 0.1) is 0 Å². The largest absolute Gasteiger partial charge is 0.0616 e. The molecule has 0 heterocycles. The first kappa shape index (κ1) is 9.05. The molecule has 0 unspecified atom stereocenters. The van der Waals surface area contributed by atoms with E-state index in [1.165, 1.54) is 10.8 Å². The molecule has 50 valence electrons. The molecule has 2 radical (unpaired) electrons. The van der Waals surface area contributed by atoms with E-state index in [1.54, 1.807) is 0 Å². The Bertz CT molecular complexity index is 276. The number of fused-ring (bicyclic) bond motifs is 1. The molecule has 0 N–H and O–H groups in total. The number of hydrogen-bond donors (Lipinski definition) is 0. The molecule has 0 saturated heterocycles. The fourth-order valence-electron chi connectivity index (χ4n) is 1.13. The summed E-state index contributed by atoms with van der Waals surface area (Å²) >= 11 is 0. The molecule has 0 fully saturated rings. The van der Waals surface area contributed by atoms with Gasteiger partial charge in [0, 0.05) is 37.7 Å². The minimum absolute atomic E-state index is 0. The molecular formula is C10H8Ca. The quantitative estimate of drug-likeness (QED) is 0.530. The molecule has 0 aliphatic rings. The first-order valence-corrected chi connectivity index (χ1v) is 3.40. The monoisotopic (exact) mass is 168 g/mol. The van der Waals surface area contributed by atoms with Crippen molar-refractivity contribution in [2.45, 2.75) is 0 Å². The van der Waals surface area contributed by atoms with E-state index in [-0.39, 0.29) is 37.7 Å². The van der Waals surface area contributed by atoms with E-state index in [2.05, 4.69) is 48.5 Å². The van der Waals surface area contributed by atoms with E-state index in [1.807, 2.05) is 0 Å². The molecule has 0 spiro atoms. The Morgan fingerprint density at radius 2 is 0.818 bits per heavy atom. The second-order valence-corrected chi connectivity index (χ2v) is 2.35. The molecule has 2 rings (SSSR count). The smallest absolute Gasteiger partial charge is 0 e. The summed E-state index contributed by atoms with van der Waals surface area (Å²) < 4.78 is 0. The summed E-state index contributed by atoms with van der Waals surface area (Å²) in [6, 6.07) is 16.7. The van der Waals surface area contributed by atoms with Gasteiger partial charge in [0.25, 0.3) is 0 Å². The third-order valence-electron chi connectivity index (χ3n) is 1.66. The first-order valence-electron chi connectivity index (χ1n) is 3.40. The minimum Gasteiger partial charge on any atom is -0.0616 e. The second-order valence-electron chi connectivity index (χ2n) is 2.35. The fraction of sp³-hybridized carbons (Fsp3) is 0. The predicted molar refractivity (Wildman–Crippen MR) is 49.7 cm³/mol. The Labute approximate surface area is 96.2 Å². The topological polar surface area (TPSA) is 0 Å². The summed E-state index contributed by atoms with van der Waals surface area (Å²) in [6.07, 6.45) is 0. The van der Waals surface area contributed by atoms with Crippen LogP contribution in [0.25, 0.3) is 10.8 Å². The van der Waals surface area contributed by atoms with E-state index >= 15 is 0 Å². The number of rotatable bonds is 0. The Morgan fingerprint density at radius 1 is 0.545 bits per heavy atom. The molecule has 0 amide bonds. The predicted octanol–water partition coefficient (Wildman–Crippen LogP) is 2.46. The third kappa shape index (κ3) is 1.96. The normalized spacial score (nSPS) is 9.09. The van der Waals surface area contributed by atoms with E-state index in [4.69, 9.17) is 0 Å². The summed E-state index contributed by atoms with van der Waals surface area (Å²) in [5.41, 5.74) is 0. The molecule has 11 heavy (non-hydrogen) atoms. The zero-order chi connectivity index (χ0) is 6.81. The SMILES string of the molecule is [Ca].c1ccc2ccccc2c1. The van der Waals surface area contributed by atoms with Crippen LogP contribution in [0.1, 0.15) is 0 Å². The number of benzene rings is 2. The van der Waals surface area contributed by atoms with Crippen LogP contribution in [-0.2, 0) is 0 Å². The van der Waals surface area contributed by atoms with Crippen LogP contribution < -0.4 is 0 Å². The third-order valence-corrected chi connectivity index (χ3v) is 1.66. The van der Waals surface area contributed by atoms with Crippen LogP contribution in [0.3, 0.4) is 0 Å². The van der Waals surface area contributed by atoms with Crippen molar-refractivity contribution in [1.82, 2.24) is 0 Å². The van der Waals surface area contributed by atoms with Gasteiger partial charge in [-0.05, 0) is 10.8 Å². The molecule has 2 aromatic carbocycles. The molecule has 2 aromatic rings. The van der Waals surface area contributed by atoms with Crippen LogP contribution in [0, 0.1) is 0 Å². The summed E-state index contributed by atoms with van der Waals surface area (Å²) in [5, 5.41) is 2.62. The van der Waals surface area contributed by atoms with Gasteiger partial charge in [-0.1, -0.05) is 48.5 Å². The van der Waals surface area contributed by atoms with Gasteiger partial charge in [-0.2, -0.15) is 0 Å². The van der Waals surface area contributed by atoms with E-state index in [9.17, 15) is 0 Å². The molecule has 0 aromatic heterocycles. The average molecular weight is 168 g/mol. The molecule has 1 heteroatoms. The Morgan fingerprint density at radius 3 is 1.09 bits per heavy atom. The van der Waals surface area contributed by atoms with Crippen molar-refractivity contribution >= 4 is 48.5 Å². The van der Waals surface area contributed by atoms with Gasteiger partial charge in [0.15, 0.2) is 0 Å². The van der Waals surface area contributed by atoms with Crippen LogP contribution >= 0.6 is 0 Å². The van der Waals surface area contributed by atoms with Gasteiger partial charge in [-0.25, -0.2) is 0 Å². The van der Waals surface area contributed by atoms with Crippen molar-refractivity contribution in [3.8, 4) is 0 Å². The molecule has 0 bridgehead atoms. The molecule has 0 aliphatic carbocycles. The fourth-order valence-corrected chi connectivity index (χ4v) is 1.13. The van der Waals surface area contributed by atoms with Crippen molar-refractivity contribution in [3.05, 3.63) is 48.5 Å². The molecule has 0 nitrogen and oxygen atoms in total. The standard InChI is InChI=1S/C10H8.Ca/c1-2-6-10-8-4-3-7-9(10)5-1;/h1-8H;. The maximum atomic E-state index is 2.12. The zero-order valence-electron chi connectivity index (χ0n) is 6.33. The maximum absolute atomic E-state index is 2.12. The molecule has 0 saturated carbocycles. The average Bonchev–Trinajstić information content (AvgIpc) is 2.05. The zero-order valence-corrected chi connectivity index (χ0v) is 8.53. The van der Waals surface area contributed by atoms with Crippen LogP contribution in [0.2, 0.25) is 0 Å².